The van der Waals surface area contributed by atoms with Crippen LogP contribution in [0.5, 0.6) is 11.5 Å². The van der Waals surface area contributed by atoms with Gasteiger partial charge in [0.25, 0.3) is 5.91 Å². The van der Waals surface area contributed by atoms with Gasteiger partial charge in [0.15, 0.2) is 5.76 Å². The van der Waals surface area contributed by atoms with E-state index < -0.39 is 0 Å². The summed E-state index contributed by atoms with van der Waals surface area (Å²) in [7, 11) is 1.59. The molecule has 0 spiro atoms. The van der Waals surface area contributed by atoms with Gasteiger partial charge in [0, 0.05) is 10.2 Å². The molecule has 6 heteroatoms. The van der Waals surface area contributed by atoms with Crippen LogP contribution in [0.25, 0.3) is 0 Å². The van der Waals surface area contributed by atoms with E-state index in [-0.39, 0.29) is 18.3 Å². The Balaban J connectivity index is 1.58. The van der Waals surface area contributed by atoms with E-state index >= 15 is 0 Å². The summed E-state index contributed by atoms with van der Waals surface area (Å²) < 4.78 is 17.2. The van der Waals surface area contributed by atoms with E-state index in [1.807, 2.05) is 24.3 Å². The topological polar surface area (TPSA) is 60.7 Å². The lowest BCUT2D eigenvalue weighted by Gasteiger charge is -2.05. The van der Waals surface area contributed by atoms with Gasteiger partial charge in [-0.05, 0) is 60.7 Å². The summed E-state index contributed by atoms with van der Waals surface area (Å²) in [5, 5.41) is 2.77. The first-order chi connectivity index (χ1) is 12.1. The van der Waals surface area contributed by atoms with Gasteiger partial charge in [-0.2, -0.15) is 0 Å². The Kier molecular flexibility index (Phi) is 5.40. The summed E-state index contributed by atoms with van der Waals surface area (Å²) in [4.78, 5) is 12.2. The monoisotopic (exact) mass is 401 g/mol. The number of ether oxygens (including phenoxy) is 2. The highest BCUT2D eigenvalue weighted by Gasteiger charge is 2.12. The molecule has 1 aromatic heterocycles. The van der Waals surface area contributed by atoms with Crippen LogP contribution in [0, 0.1) is 0 Å². The molecule has 0 unspecified atom stereocenters. The molecule has 3 aromatic rings. The number of amides is 1. The van der Waals surface area contributed by atoms with Crippen LogP contribution in [0.4, 0.5) is 5.69 Å². The molecule has 1 N–H and O–H groups in total. The van der Waals surface area contributed by atoms with Crippen LogP contribution < -0.4 is 14.8 Å². The number of carbonyl (C=O) groups is 1. The average molecular weight is 402 g/mol. The molecule has 128 valence electrons. The van der Waals surface area contributed by atoms with Crippen molar-refractivity contribution in [3.8, 4) is 11.5 Å². The number of furan rings is 1. The summed E-state index contributed by atoms with van der Waals surface area (Å²) in [6.45, 7) is 0.247. The Morgan fingerprint density at radius 1 is 1.00 bits per heavy atom. The van der Waals surface area contributed by atoms with Crippen LogP contribution in [0.3, 0.4) is 0 Å². The maximum Gasteiger partial charge on any atom is 0.291 e. The molecule has 0 atom stereocenters. The lowest BCUT2D eigenvalue weighted by molar-refractivity contribution is 0.0992. The molecule has 0 bridgehead atoms. The highest BCUT2D eigenvalue weighted by Crippen LogP contribution is 2.19. The third kappa shape index (κ3) is 4.64. The zero-order chi connectivity index (χ0) is 17.6. The zero-order valence-corrected chi connectivity index (χ0v) is 15.1. The smallest absolute Gasteiger partial charge is 0.291 e. The van der Waals surface area contributed by atoms with Crippen molar-refractivity contribution in [3.63, 3.8) is 0 Å². The van der Waals surface area contributed by atoms with Crippen LogP contribution in [0.1, 0.15) is 16.3 Å². The Morgan fingerprint density at radius 3 is 2.36 bits per heavy atom. The largest absolute Gasteiger partial charge is 0.497 e. The Morgan fingerprint density at radius 2 is 1.68 bits per heavy atom. The molecule has 0 aliphatic heterocycles. The normalized spacial score (nSPS) is 10.3. The molecule has 3 rings (SSSR count). The van der Waals surface area contributed by atoms with E-state index in [4.69, 9.17) is 13.9 Å². The lowest BCUT2D eigenvalue weighted by Crippen LogP contribution is -2.10. The van der Waals surface area contributed by atoms with Gasteiger partial charge in [0.2, 0.25) is 0 Å². The highest BCUT2D eigenvalue weighted by molar-refractivity contribution is 9.10. The number of halogens is 1. The third-order valence-corrected chi connectivity index (χ3v) is 3.96. The maximum absolute atomic E-state index is 12.2. The minimum atomic E-state index is -0.319. The van der Waals surface area contributed by atoms with Crippen molar-refractivity contribution in [2.45, 2.75) is 6.61 Å². The number of hydrogen-bond acceptors (Lipinski definition) is 4. The maximum atomic E-state index is 12.2. The summed E-state index contributed by atoms with van der Waals surface area (Å²) in [5.41, 5.74) is 0.662. The predicted octanol–water partition coefficient (Wildman–Crippen LogP) is 4.88. The predicted molar refractivity (Wildman–Crippen MR) is 98.1 cm³/mol. The number of hydrogen-bond donors (Lipinski definition) is 1. The van der Waals surface area contributed by atoms with Gasteiger partial charge in [-0.25, -0.2) is 0 Å². The van der Waals surface area contributed by atoms with Gasteiger partial charge in [-0.1, -0.05) is 15.9 Å². The van der Waals surface area contributed by atoms with Crippen LogP contribution in [-0.4, -0.2) is 13.0 Å². The molecular formula is C19H16BrNO4. The Bertz CT molecular complexity index is 841. The second-order valence-corrected chi connectivity index (χ2v) is 6.11. The quantitative estimate of drug-likeness (QED) is 0.639. The Hall–Kier alpha value is -2.73. The molecule has 0 fully saturated rings. The van der Waals surface area contributed by atoms with Crippen molar-refractivity contribution < 1.29 is 18.7 Å². The molecule has 0 saturated carbocycles. The van der Waals surface area contributed by atoms with E-state index in [9.17, 15) is 4.79 Å². The molecule has 0 saturated heterocycles. The molecule has 1 heterocycles. The van der Waals surface area contributed by atoms with Crippen LogP contribution in [0.2, 0.25) is 0 Å². The number of carbonyl (C=O) groups excluding carboxylic acids is 1. The standard InChI is InChI=1S/C19H16BrNO4/c1-23-15-8-4-14(5-9-15)21-19(22)18-11-10-17(25-18)12-24-16-6-2-13(20)3-7-16/h2-11H,12H2,1H3,(H,21,22). The summed E-state index contributed by atoms with van der Waals surface area (Å²) >= 11 is 3.37. The third-order valence-electron chi connectivity index (χ3n) is 3.43. The van der Waals surface area contributed by atoms with E-state index in [0.29, 0.717) is 11.4 Å². The molecular weight excluding hydrogens is 386 g/mol. The van der Waals surface area contributed by atoms with Gasteiger partial charge in [0.05, 0.1) is 7.11 Å². The first-order valence-corrected chi connectivity index (χ1v) is 8.36. The van der Waals surface area contributed by atoms with Gasteiger partial charge in [0.1, 0.15) is 23.9 Å². The minimum Gasteiger partial charge on any atom is -0.497 e. The second-order valence-electron chi connectivity index (χ2n) is 5.19. The molecule has 2 aromatic carbocycles. The number of anilines is 1. The second kappa shape index (κ2) is 7.90. The minimum absolute atomic E-state index is 0.227. The Labute approximate surface area is 153 Å². The molecule has 1 amide bonds. The summed E-state index contributed by atoms with van der Waals surface area (Å²) in [6, 6.07) is 17.9. The fraction of sp³-hybridized carbons (Fsp3) is 0.105. The van der Waals surface area contributed by atoms with Crippen LogP contribution >= 0.6 is 15.9 Å². The molecule has 0 radical (unpaired) electrons. The number of benzene rings is 2. The lowest BCUT2D eigenvalue weighted by atomic mass is 10.3. The zero-order valence-electron chi connectivity index (χ0n) is 13.5. The van der Waals surface area contributed by atoms with Crippen molar-refractivity contribution in [1.82, 2.24) is 0 Å². The van der Waals surface area contributed by atoms with Crippen molar-refractivity contribution >= 4 is 27.5 Å². The first-order valence-electron chi connectivity index (χ1n) is 7.56. The average Bonchev–Trinajstić information content (AvgIpc) is 3.11. The van der Waals surface area contributed by atoms with E-state index in [1.54, 1.807) is 43.5 Å². The summed E-state index contributed by atoms with van der Waals surface area (Å²) in [6.07, 6.45) is 0. The van der Waals surface area contributed by atoms with Crippen LogP contribution in [0.15, 0.2) is 69.6 Å². The van der Waals surface area contributed by atoms with Crippen molar-refractivity contribution in [2.24, 2.45) is 0 Å². The fourth-order valence-electron chi connectivity index (χ4n) is 2.13. The fourth-order valence-corrected chi connectivity index (χ4v) is 2.39. The molecule has 0 aliphatic rings. The first kappa shape index (κ1) is 17.1. The van der Waals surface area contributed by atoms with Gasteiger partial charge >= 0.3 is 0 Å². The van der Waals surface area contributed by atoms with E-state index in [1.165, 1.54) is 0 Å². The van der Waals surface area contributed by atoms with Crippen molar-refractivity contribution in [3.05, 3.63) is 76.7 Å². The number of nitrogens with one attached hydrogen (secondary N) is 1. The molecule has 5 nitrogen and oxygen atoms in total. The van der Waals surface area contributed by atoms with Crippen LogP contribution in [-0.2, 0) is 6.61 Å². The van der Waals surface area contributed by atoms with E-state index in [0.717, 1.165) is 16.0 Å². The van der Waals surface area contributed by atoms with Crippen molar-refractivity contribution in [2.75, 3.05) is 12.4 Å². The van der Waals surface area contributed by atoms with E-state index in [2.05, 4.69) is 21.2 Å². The number of methoxy groups -OCH3 is 1. The molecule has 0 aliphatic carbocycles. The SMILES string of the molecule is COc1ccc(NC(=O)c2ccc(COc3ccc(Br)cc3)o2)cc1. The van der Waals surface area contributed by atoms with Gasteiger partial charge in [-0.15, -0.1) is 0 Å². The van der Waals surface area contributed by atoms with Gasteiger partial charge < -0.3 is 19.2 Å². The van der Waals surface area contributed by atoms with Gasteiger partial charge in [-0.3, -0.25) is 4.79 Å². The van der Waals surface area contributed by atoms with Crippen molar-refractivity contribution in [1.29, 1.82) is 0 Å². The summed E-state index contributed by atoms with van der Waals surface area (Å²) in [5.74, 6) is 1.93. The highest BCUT2D eigenvalue weighted by atomic mass is 79.9. The number of rotatable bonds is 6. The molecule has 25 heavy (non-hydrogen) atoms.